The molecule has 19 heavy (non-hydrogen) atoms. The maximum Gasteiger partial charge on any atom is 0.263 e. The Morgan fingerprint density at radius 1 is 1.37 bits per heavy atom. The van der Waals surface area contributed by atoms with Crippen molar-refractivity contribution in [2.75, 3.05) is 14.2 Å². The van der Waals surface area contributed by atoms with Crippen LogP contribution in [-0.4, -0.2) is 24.4 Å². The highest BCUT2D eigenvalue weighted by Crippen LogP contribution is 2.34. The van der Waals surface area contributed by atoms with Crippen LogP contribution in [0, 0.1) is 5.82 Å². The first kappa shape index (κ1) is 13.8. The Labute approximate surface area is 119 Å². The van der Waals surface area contributed by atoms with Crippen LogP contribution >= 0.6 is 24.0 Å². The number of benzene rings is 1. The van der Waals surface area contributed by atoms with E-state index in [-0.39, 0.29) is 17.2 Å². The van der Waals surface area contributed by atoms with E-state index in [9.17, 15) is 9.18 Å². The van der Waals surface area contributed by atoms with Crippen molar-refractivity contribution in [1.82, 2.24) is 5.32 Å². The quantitative estimate of drug-likeness (QED) is 0.685. The molecular weight excluding hydrogens is 289 g/mol. The van der Waals surface area contributed by atoms with E-state index in [4.69, 9.17) is 21.7 Å². The summed E-state index contributed by atoms with van der Waals surface area (Å²) >= 11 is 5.96. The molecular formula is C12H10FNO3S2. The van der Waals surface area contributed by atoms with E-state index in [0.717, 1.165) is 11.8 Å². The minimum atomic E-state index is -0.583. The van der Waals surface area contributed by atoms with E-state index >= 15 is 0 Å². The van der Waals surface area contributed by atoms with Crippen LogP contribution in [-0.2, 0) is 4.79 Å². The maximum atomic E-state index is 14.2. The third-order valence-corrected chi connectivity index (χ3v) is 3.61. The zero-order valence-electron chi connectivity index (χ0n) is 10.2. The summed E-state index contributed by atoms with van der Waals surface area (Å²) in [5.74, 6) is -0.617. The van der Waals surface area contributed by atoms with Crippen molar-refractivity contribution in [3.63, 3.8) is 0 Å². The van der Waals surface area contributed by atoms with Gasteiger partial charge >= 0.3 is 0 Å². The van der Waals surface area contributed by atoms with Crippen molar-refractivity contribution in [3.8, 4) is 11.5 Å². The van der Waals surface area contributed by atoms with E-state index in [1.54, 1.807) is 6.07 Å². The van der Waals surface area contributed by atoms with Gasteiger partial charge in [-0.3, -0.25) is 4.79 Å². The molecule has 1 N–H and O–H groups in total. The van der Waals surface area contributed by atoms with Crippen molar-refractivity contribution < 1.29 is 18.7 Å². The van der Waals surface area contributed by atoms with Crippen LogP contribution in [0.5, 0.6) is 11.5 Å². The molecule has 0 radical (unpaired) electrons. The number of nitrogens with one attached hydrogen (secondary N) is 1. The molecule has 0 spiro atoms. The number of methoxy groups -OCH3 is 2. The minimum Gasteiger partial charge on any atom is -0.493 e. The normalized spacial score (nSPS) is 16.7. The largest absolute Gasteiger partial charge is 0.493 e. The molecule has 2 rings (SSSR count). The second-order valence-electron chi connectivity index (χ2n) is 3.56. The van der Waals surface area contributed by atoms with Crippen LogP contribution in [0.3, 0.4) is 0 Å². The molecule has 1 fully saturated rings. The van der Waals surface area contributed by atoms with Gasteiger partial charge in [0.15, 0.2) is 17.3 Å². The zero-order chi connectivity index (χ0) is 14.0. The van der Waals surface area contributed by atoms with E-state index in [2.05, 4.69) is 5.32 Å². The topological polar surface area (TPSA) is 47.6 Å². The predicted octanol–water partition coefficient (Wildman–Crippen LogP) is 2.33. The lowest BCUT2D eigenvalue weighted by molar-refractivity contribution is -0.115. The average molecular weight is 299 g/mol. The van der Waals surface area contributed by atoms with Crippen LogP contribution in [0.1, 0.15) is 5.56 Å². The van der Waals surface area contributed by atoms with Crippen molar-refractivity contribution in [2.45, 2.75) is 0 Å². The molecule has 0 atom stereocenters. The first-order valence-corrected chi connectivity index (χ1v) is 6.44. The molecule has 1 saturated heterocycles. The maximum absolute atomic E-state index is 14.2. The third-order valence-electron chi connectivity index (χ3n) is 2.44. The van der Waals surface area contributed by atoms with Gasteiger partial charge in [0.05, 0.1) is 19.1 Å². The number of halogens is 1. The summed E-state index contributed by atoms with van der Waals surface area (Å²) in [6.07, 6.45) is 1.43. The molecule has 4 nitrogen and oxygen atoms in total. The molecule has 1 aromatic carbocycles. The summed E-state index contributed by atoms with van der Waals surface area (Å²) < 4.78 is 24.5. The Morgan fingerprint density at radius 3 is 2.63 bits per heavy atom. The summed E-state index contributed by atoms with van der Waals surface area (Å²) in [5.41, 5.74) is 0.236. The zero-order valence-corrected chi connectivity index (χ0v) is 11.8. The van der Waals surface area contributed by atoms with Crippen molar-refractivity contribution in [2.24, 2.45) is 0 Å². The molecule has 1 aliphatic rings. The van der Waals surface area contributed by atoms with Gasteiger partial charge in [0.1, 0.15) is 4.32 Å². The number of rotatable bonds is 3. The lowest BCUT2D eigenvalue weighted by atomic mass is 10.1. The summed E-state index contributed by atoms with van der Waals surface area (Å²) in [6, 6.07) is 3.09. The average Bonchev–Trinajstić information content (AvgIpc) is 2.70. The van der Waals surface area contributed by atoms with Crippen molar-refractivity contribution in [3.05, 3.63) is 28.4 Å². The monoisotopic (exact) mass is 299 g/mol. The number of carbonyl (C=O) groups is 1. The van der Waals surface area contributed by atoms with Crippen LogP contribution in [0.25, 0.3) is 6.08 Å². The second-order valence-corrected chi connectivity index (χ2v) is 5.28. The van der Waals surface area contributed by atoms with Gasteiger partial charge in [-0.1, -0.05) is 24.0 Å². The number of carbonyl (C=O) groups excluding carboxylic acids is 1. The van der Waals surface area contributed by atoms with Crippen molar-refractivity contribution in [1.29, 1.82) is 0 Å². The van der Waals surface area contributed by atoms with Gasteiger partial charge in [-0.15, -0.1) is 0 Å². The number of thioether (sulfide) groups is 1. The number of hydrogen-bond acceptors (Lipinski definition) is 5. The van der Waals surface area contributed by atoms with Crippen LogP contribution in [0.4, 0.5) is 4.39 Å². The lowest BCUT2D eigenvalue weighted by Crippen LogP contribution is -2.17. The molecule has 0 unspecified atom stereocenters. The van der Waals surface area contributed by atoms with Crippen LogP contribution in [0.2, 0.25) is 0 Å². The van der Waals surface area contributed by atoms with E-state index in [1.165, 1.54) is 26.4 Å². The van der Waals surface area contributed by atoms with Gasteiger partial charge in [0.2, 0.25) is 0 Å². The highest BCUT2D eigenvalue weighted by molar-refractivity contribution is 8.26. The molecule has 0 aliphatic carbocycles. The Hall–Kier alpha value is -1.60. The Morgan fingerprint density at radius 2 is 2.11 bits per heavy atom. The van der Waals surface area contributed by atoms with Gasteiger partial charge in [-0.2, -0.15) is 0 Å². The highest BCUT2D eigenvalue weighted by atomic mass is 32.2. The second kappa shape index (κ2) is 5.58. The van der Waals surface area contributed by atoms with Gasteiger partial charge < -0.3 is 14.8 Å². The fourth-order valence-corrected chi connectivity index (χ4v) is 2.61. The molecule has 0 saturated carbocycles. The molecule has 7 heteroatoms. The van der Waals surface area contributed by atoms with E-state index < -0.39 is 5.82 Å². The summed E-state index contributed by atoms with van der Waals surface area (Å²) in [5, 5.41) is 2.47. The predicted molar refractivity (Wildman–Crippen MR) is 75.8 cm³/mol. The molecule has 1 aliphatic heterocycles. The Balaban J connectivity index is 2.44. The fraction of sp³-hybridized carbons (Fsp3) is 0.167. The number of amides is 1. The molecule has 0 aromatic heterocycles. The summed E-state index contributed by atoms with van der Waals surface area (Å²) in [6.45, 7) is 0. The Kier molecular flexibility index (Phi) is 4.06. The van der Waals surface area contributed by atoms with Crippen LogP contribution in [0.15, 0.2) is 17.0 Å². The SMILES string of the molecule is COc1ccc(/C=C2/SC(=S)NC2=O)c(F)c1OC. The summed E-state index contributed by atoms with van der Waals surface area (Å²) in [4.78, 5) is 11.9. The van der Waals surface area contributed by atoms with Gasteiger partial charge in [-0.05, 0) is 18.2 Å². The van der Waals surface area contributed by atoms with Gasteiger partial charge in [0, 0.05) is 5.56 Å². The van der Waals surface area contributed by atoms with E-state index in [0.29, 0.717) is 15.0 Å². The number of thiocarbonyl (C=S) groups is 1. The molecule has 1 amide bonds. The minimum absolute atomic E-state index is 0.00262. The summed E-state index contributed by atoms with van der Waals surface area (Å²) in [7, 11) is 2.78. The first-order chi connectivity index (χ1) is 9.06. The Bertz CT molecular complexity index is 587. The standard InChI is InChI=1S/C12H10FNO3S2/c1-16-7-4-3-6(9(13)10(7)17-2)5-8-11(15)14-12(18)19-8/h3-5H,1-2H3,(H,14,15,18)/b8-5+. The van der Waals surface area contributed by atoms with Crippen molar-refractivity contribution >= 4 is 40.3 Å². The molecule has 1 aromatic rings. The molecule has 100 valence electrons. The number of hydrogen-bond donors (Lipinski definition) is 1. The lowest BCUT2D eigenvalue weighted by Gasteiger charge is -2.09. The highest BCUT2D eigenvalue weighted by Gasteiger charge is 2.23. The van der Waals surface area contributed by atoms with Gasteiger partial charge in [0.25, 0.3) is 5.91 Å². The first-order valence-electron chi connectivity index (χ1n) is 5.22. The smallest absolute Gasteiger partial charge is 0.263 e. The van der Waals surface area contributed by atoms with Crippen LogP contribution < -0.4 is 14.8 Å². The fourth-order valence-electron chi connectivity index (χ4n) is 1.58. The van der Waals surface area contributed by atoms with E-state index in [1.807, 2.05) is 0 Å². The molecule has 0 bridgehead atoms. The molecule has 1 heterocycles. The number of ether oxygens (including phenoxy) is 2. The third kappa shape index (κ3) is 2.71. The van der Waals surface area contributed by atoms with Gasteiger partial charge in [-0.25, -0.2) is 4.39 Å².